The normalized spacial score (nSPS) is 16.5. The number of rotatable bonds is 3. The number of hydrogen-bond acceptors (Lipinski definition) is 2. The zero-order valence-electron chi connectivity index (χ0n) is 10.4. The van der Waals surface area contributed by atoms with Crippen molar-refractivity contribution >= 4 is 16.7 Å². The quantitative estimate of drug-likeness (QED) is 0.807. The van der Waals surface area contributed by atoms with E-state index < -0.39 is 0 Å². The van der Waals surface area contributed by atoms with Gasteiger partial charge in [0.05, 0.1) is 5.41 Å². The van der Waals surface area contributed by atoms with Crippen molar-refractivity contribution < 1.29 is 4.79 Å². The molecule has 3 heteroatoms. The van der Waals surface area contributed by atoms with Crippen LogP contribution in [0.4, 0.5) is 0 Å². The number of fused-ring (bicyclic) bond motifs is 1. The molecule has 3 nitrogen and oxygen atoms in total. The predicted octanol–water partition coefficient (Wildman–Crippen LogP) is 2.12. The second kappa shape index (κ2) is 4.10. The van der Waals surface area contributed by atoms with Gasteiger partial charge in [0, 0.05) is 7.05 Å². The van der Waals surface area contributed by atoms with Gasteiger partial charge in [-0.2, -0.15) is 0 Å². The highest BCUT2D eigenvalue weighted by molar-refractivity contribution is 5.97. The molecule has 2 aromatic carbocycles. The molecule has 0 aliphatic heterocycles. The van der Waals surface area contributed by atoms with Crippen molar-refractivity contribution in [2.24, 2.45) is 0 Å². The van der Waals surface area contributed by atoms with Crippen molar-refractivity contribution in [1.82, 2.24) is 10.9 Å². The molecule has 0 spiro atoms. The fourth-order valence-electron chi connectivity index (χ4n) is 2.62. The fraction of sp³-hybridized carbons (Fsp3) is 0.267. The van der Waals surface area contributed by atoms with Crippen LogP contribution < -0.4 is 10.9 Å². The lowest BCUT2D eigenvalue weighted by atomic mass is 9.90. The summed E-state index contributed by atoms with van der Waals surface area (Å²) < 4.78 is 0. The number of amides is 1. The van der Waals surface area contributed by atoms with E-state index in [-0.39, 0.29) is 11.3 Å². The Hall–Kier alpha value is -1.87. The molecule has 1 saturated carbocycles. The highest BCUT2D eigenvalue weighted by Crippen LogP contribution is 2.50. The van der Waals surface area contributed by atoms with Crippen LogP contribution in [0.5, 0.6) is 0 Å². The van der Waals surface area contributed by atoms with Gasteiger partial charge in [-0.1, -0.05) is 42.5 Å². The molecule has 1 fully saturated rings. The van der Waals surface area contributed by atoms with Gasteiger partial charge in [0.25, 0.3) is 0 Å². The molecule has 0 unspecified atom stereocenters. The van der Waals surface area contributed by atoms with Gasteiger partial charge in [-0.15, -0.1) is 0 Å². The van der Waals surface area contributed by atoms with Gasteiger partial charge in [0.15, 0.2) is 0 Å². The smallest absolute Gasteiger partial charge is 0.244 e. The molecule has 0 bridgehead atoms. The molecule has 1 aliphatic carbocycles. The summed E-state index contributed by atoms with van der Waals surface area (Å²) in [5.41, 5.74) is 6.27. The maximum atomic E-state index is 12.2. The number of hydrazine groups is 1. The summed E-state index contributed by atoms with van der Waals surface area (Å²) in [7, 11) is 1.72. The molecule has 92 valence electrons. The van der Waals surface area contributed by atoms with Gasteiger partial charge in [0.1, 0.15) is 0 Å². The van der Waals surface area contributed by atoms with E-state index in [9.17, 15) is 4.79 Å². The Morgan fingerprint density at radius 3 is 2.56 bits per heavy atom. The van der Waals surface area contributed by atoms with Crippen LogP contribution in [0.2, 0.25) is 0 Å². The van der Waals surface area contributed by atoms with E-state index in [2.05, 4.69) is 35.1 Å². The van der Waals surface area contributed by atoms with Gasteiger partial charge >= 0.3 is 0 Å². The molecule has 0 aromatic heterocycles. The molecular formula is C15H16N2O. The van der Waals surface area contributed by atoms with Crippen LogP contribution in [0.3, 0.4) is 0 Å². The average Bonchev–Trinajstić information content (AvgIpc) is 3.20. The number of hydrogen-bond donors (Lipinski definition) is 2. The molecule has 2 aromatic rings. The minimum Gasteiger partial charge on any atom is -0.291 e. The molecular weight excluding hydrogens is 224 g/mol. The fourth-order valence-corrected chi connectivity index (χ4v) is 2.62. The predicted molar refractivity (Wildman–Crippen MR) is 72.1 cm³/mol. The minimum atomic E-state index is -0.329. The van der Waals surface area contributed by atoms with Gasteiger partial charge < -0.3 is 0 Å². The van der Waals surface area contributed by atoms with Crippen LogP contribution in [0.25, 0.3) is 10.8 Å². The lowest BCUT2D eigenvalue weighted by Gasteiger charge is -2.17. The topological polar surface area (TPSA) is 41.1 Å². The van der Waals surface area contributed by atoms with E-state index in [1.807, 2.05) is 18.2 Å². The monoisotopic (exact) mass is 240 g/mol. The van der Waals surface area contributed by atoms with Crippen molar-refractivity contribution in [3.63, 3.8) is 0 Å². The summed E-state index contributed by atoms with van der Waals surface area (Å²) >= 11 is 0. The average molecular weight is 240 g/mol. The first-order chi connectivity index (χ1) is 8.78. The summed E-state index contributed by atoms with van der Waals surface area (Å²) in [6.07, 6.45) is 1.85. The molecule has 0 heterocycles. The first kappa shape index (κ1) is 11.2. The summed E-state index contributed by atoms with van der Waals surface area (Å²) in [5.74, 6) is 0.0707. The van der Waals surface area contributed by atoms with Crippen LogP contribution in [-0.4, -0.2) is 13.0 Å². The van der Waals surface area contributed by atoms with Gasteiger partial charge in [-0.05, 0) is 29.2 Å². The second-order valence-electron chi connectivity index (χ2n) is 4.81. The SMILES string of the molecule is CNNC(=O)C1(c2cccc3ccccc23)CC1. The Kier molecular flexibility index (Phi) is 2.56. The van der Waals surface area contributed by atoms with Crippen LogP contribution in [0.15, 0.2) is 42.5 Å². The van der Waals surface area contributed by atoms with E-state index >= 15 is 0 Å². The van der Waals surface area contributed by atoms with Crippen LogP contribution in [0, 0.1) is 0 Å². The molecule has 0 atom stereocenters. The summed E-state index contributed by atoms with van der Waals surface area (Å²) in [5, 5.41) is 2.38. The Labute approximate surface area is 106 Å². The maximum Gasteiger partial charge on any atom is 0.244 e. The number of carbonyl (C=O) groups excluding carboxylic acids is 1. The summed E-state index contributed by atoms with van der Waals surface area (Å²) in [6.45, 7) is 0. The zero-order valence-corrected chi connectivity index (χ0v) is 10.4. The summed E-state index contributed by atoms with van der Waals surface area (Å²) in [4.78, 5) is 12.2. The number of benzene rings is 2. The van der Waals surface area contributed by atoms with Gasteiger partial charge in [-0.3, -0.25) is 10.2 Å². The molecule has 18 heavy (non-hydrogen) atoms. The first-order valence-corrected chi connectivity index (χ1v) is 6.23. The molecule has 2 N–H and O–H groups in total. The van der Waals surface area contributed by atoms with E-state index in [0.717, 1.165) is 18.4 Å². The highest BCUT2D eigenvalue weighted by atomic mass is 16.2. The Bertz CT molecular complexity index is 597. The van der Waals surface area contributed by atoms with Crippen molar-refractivity contribution in [2.45, 2.75) is 18.3 Å². The maximum absolute atomic E-state index is 12.2. The lowest BCUT2D eigenvalue weighted by Crippen LogP contribution is -2.41. The number of nitrogens with one attached hydrogen (secondary N) is 2. The van der Waals surface area contributed by atoms with Crippen molar-refractivity contribution in [3.05, 3.63) is 48.0 Å². The van der Waals surface area contributed by atoms with Gasteiger partial charge in [0.2, 0.25) is 5.91 Å². The van der Waals surface area contributed by atoms with E-state index in [4.69, 9.17) is 0 Å². The molecule has 0 radical (unpaired) electrons. The third kappa shape index (κ3) is 1.59. The van der Waals surface area contributed by atoms with Crippen molar-refractivity contribution in [1.29, 1.82) is 0 Å². The molecule has 1 aliphatic rings. The van der Waals surface area contributed by atoms with Crippen LogP contribution >= 0.6 is 0 Å². The van der Waals surface area contributed by atoms with E-state index in [0.29, 0.717) is 0 Å². The molecule has 3 rings (SSSR count). The largest absolute Gasteiger partial charge is 0.291 e. The zero-order chi connectivity index (χ0) is 12.6. The first-order valence-electron chi connectivity index (χ1n) is 6.23. The third-order valence-corrected chi connectivity index (χ3v) is 3.73. The Balaban J connectivity index is 2.12. The van der Waals surface area contributed by atoms with Crippen molar-refractivity contribution in [3.8, 4) is 0 Å². The lowest BCUT2D eigenvalue weighted by molar-refractivity contribution is -0.124. The van der Waals surface area contributed by atoms with E-state index in [1.165, 1.54) is 10.8 Å². The Morgan fingerprint density at radius 1 is 1.11 bits per heavy atom. The molecule has 0 saturated heterocycles. The van der Waals surface area contributed by atoms with Gasteiger partial charge in [-0.25, -0.2) is 5.43 Å². The minimum absolute atomic E-state index is 0.0707. The highest BCUT2D eigenvalue weighted by Gasteiger charge is 2.51. The van der Waals surface area contributed by atoms with E-state index in [1.54, 1.807) is 7.05 Å². The third-order valence-electron chi connectivity index (χ3n) is 3.73. The second-order valence-corrected chi connectivity index (χ2v) is 4.81. The number of carbonyl (C=O) groups is 1. The van der Waals surface area contributed by atoms with Crippen LogP contribution in [-0.2, 0) is 10.2 Å². The van der Waals surface area contributed by atoms with Crippen LogP contribution in [0.1, 0.15) is 18.4 Å². The standard InChI is InChI=1S/C15H16N2O/c1-16-17-14(18)15(9-10-15)13-8-4-6-11-5-2-3-7-12(11)13/h2-8,16H,9-10H2,1H3,(H,17,18). The van der Waals surface area contributed by atoms with Crippen molar-refractivity contribution in [2.75, 3.05) is 7.05 Å². The molecule has 1 amide bonds. The summed E-state index contributed by atoms with van der Waals surface area (Å²) in [6, 6.07) is 14.4. The Morgan fingerprint density at radius 2 is 1.83 bits per heavy atom.